The Hall–Kier alpha value is -1.58. The van der Waals surface area contributed by atoms with Gasteiger partial charge < -0.3 is 0 Å². The molecule has 2 aromatic rings. The first-order valence-electron chi connectivity index (χ1n) is 3.48. The molecule has 0 atom stereocenters. The molecule has 58 valence electrons. The Morgan fingerprint density at radius 3 is 3.08 bits per heavy atom. The summed E-state index contributed by atoms with van der Waals surface area (Å²) in [7, 11) is 0. The third-order valence-electron chi connectivity index (χ3n) is 1.71. The molecule has 0 saturated carbocycles. The summed E-state index contributed by atoms with van der Waals surface area (Å²) in [6, 6.07) is 5.03. The fraction of sp³-hybridized carbons (Fsp3) is 0. The van der Waals surface area contributed by atoms with Crippen LogP contribution in [0.3, 0.4) is 0 Å². The fourth-order valence-corrected chi connectivity index (χ4v) is 1.16. The van der Waals surface area contributed by atoms with E-state index in [4.69, 9.17) is 9.52 Å². The summed E-state index contributed by atoms with van der Waals surface area (Å²) in [5, 5.41) is 9.56. The average Bonchev–Trinajstić information content (AvgIpc) is 2.49. The first-order chi connectivity index (χ1) is 5.79. The van der Waals surface area contributed by atoms with Crippen LogP contribution in [0, 0.1) is 0 Å². The molecule has 0 aliphatic rings. The molecule has 1 N–H and O–H groups in total. The van der Waals surface area contributed by atoms with Gasteiger partial charge in [0, 0.05) is 0 Å². The molecule has 0 radical (unpaired) electrons. The Morgan fingerprint density at radius 2 is 2.33 bits per heavy atom. The maximum absolute atomic E-state index is 10.7. The van der Waals surface area contributed by atoms with E-state index in [1.807, 2.05) is 6.07 Å². The normalized spacial score (nSPS) is 10.0. The summed E-state index contributed by atoms with van der Waals surface area (Å²) in [5.74, 6) is -0.962. The molecule has 0 aliphatic heterocycles. The molecule has 3 nitrogen and oxygen atoms in total. The van der Waals surface area contributed by atoms with Crippen molar-refractivity contribution >= 4 is 23.7 Å². The van der Waals surface area contributed by atoms with Crippen molar-refractivity contribution in [1.29, 1.82) is 0 Å². The molecule has 1 aromatic carbocycles. The molecule has 0 amide bonds. The molecule has 1 aromatic heterocycles. The minimum atomic E-state index is -0.962. The SMILES string of the molecule is O=C(O)c1cccc2bcoc12. The zero-order valence-corrected chi connectivity index (χ0v) is 6.15. The predicted molar refractivity (Wildman–Crippen MR) is 44.5 cm³/mol. The molecule has 4 heteroatoms. The summed E-state index contributed by atoms with van der Waals surface area (Å²) in [4.78, 5) is 10.7. The first-order valence-corrected chi connectivity index (χ1v) is 3.48. The van der Waals surface area contributed by atoms with E-state index in [0.29, 0.717) is 5.58 Å². The van der Waals surface area contributed by atoms with Crippen LogP contribution in [0.5, 0.6) is 0 Å². The van der Waals surface area contributed by atoms with Gasteiger partial charge in [0.2, 0.25) is 0 Å². The number of hydrogen-bond donors (Lipinski definition) is 1. The Balaban J connectivity index is 2.82. The van der Waals surface area contributed by atoms with Gasteiger partial charge >= 0.3 is 68.0 Å². The number of benzene rings is 1. The van der Waals surface area contributed by atoms with Crippen LogP contribution in [-0.2, 0) is 0 Å². The number of carboxylic acids is 1. The van der Waals surface area contributed by atoms with E-state index < -0.39 is 5.97 Å². The van der Waals surface area contributed by atoms with Crippen LogP contribution in [0.4, 0.5) is 0 Å². The predicted octanol–water partition coefficient (Wildman–Crippen LogP) is 1.47. The van der Waals surface area contributed by atoms with Gasteiger partial charge in [-0.3, -0.25) is 0 Å². The second kappa shape index (κ2) is 2.48. The van der Waals surface area contributed by atoms with Crippen LogP contribution in [-0.4, -0.2) is 18.0 Å². The van der Waals surface area contributed by atoms with E-state index >= 15 is 0 Å². The number of para-hydroxylation sites is 1. The molecular formula is C8H5BO3. The van der Waals surface area contributed by atoms with Gasteiger partial charge in [0.25, 0.3) is 0 Å². The molecule has 0 spiro atoms. The van der Waals surface area contributed by atoms with Crippen molar-refractivity contribution in [3.05, 3.63) is 29.9 Å². The van der Waals surface area contributed by atoms with E-state index in [1.54, 1.807) is 13.0 Å². The number of aromatic carboxylic acids is 1. The van der Waals surface area contributed by atoms with Crippen molar-refractivity contribution in [2.75, 3.05) is 0 Å². The van der Waals surface area contributed by atoms with E-state index in [2.05, 4.69) is 0 Å². The second-order valence-corrected chi connectivity index (χ2v) is 2.45. The van der Waals surface area contributed by atoms with Crippen molar-refractivity contribution < 1.29 is 14.3 Å². The van der Waals surface area contributed by atoms with Gasteiger partial charge in [-0.05, 0) is 0 Å². The quantitative estimate of drug-likeness (QED) is 0.686. The van der Waals surface area contributed by atoms with Crippen LogP contribution in [0.15, 0.2) is 28.8 Å². The Bertz CT molecular complexity index is 433. The van der Waals surface area contributed by atoms with Gasteiger partial charge in [0.15, 0.2) is 0 Å². The van der Waals surface area contributed by atoms with Gasteiger partial charge in [-0.25, -0.2) is 0 Å². The zero-order chi connectivity index (χ0) is 8.55. The average molecular weight is 160 g/mol. The Kier molecular flexibility index (Phi) is 1.47. The molecule has 0 aliphatic carbocycles. The van der Waals surface area contributed by atoms with Crippen LogP contribution >= 0.6 is 0 Å². The fourth-order valence-electron chi connectivity index (χ4n) is 1.16. The standard InChI is InChI=1S/C8H5BO3/c10-8(11)5-2-1-3-6-7(5)12-4-9-6/h1-4H,(H,10,11). The second-order valence-electron chi connectivity index (χ2n) is 2.45. The van der Waals surface area contributed by atoms with E-state index in [1.165, 1.54) is 12.2 Å². The minimum absolute atomic E-state index is 0.206. The van der Waals surface area contributed by atoms with Gasteiger partial charge in [-0.2, -0.15) is 0 Å². The van der Waals surface area contributed by atoms with Crippen molar-refractivity contribution in [1.82, 2.24) is 0 Å². The van der Waals surface area contributed by atoms with Crippen LogP contribution < -0.4 is 0 Å². The summed E-state index contributed by atoms with van der Waals surface area (Å²) >= 11 is 0. The number of hydrogen-bond acceptors (Lipinski definition) is 2. The molecule has 0 unspecified atom stereocenters. The summed E-state index contributed by atoms with van der Waals surface area (Å²) in [6.07, 6.45) is 1.48. The van der Waals surface area contributed by atoms with Crippen molar-refractivity contribution in [2.24, 2.45) is 0 Å². The zero-order valence-electron chi connectivity index (χ0n) is 6.15. The van der Waals surface area contributed by atoms with E-state index in [-0.39, 0.29) is 5.56 Å². The van der Waals surface area contributed by atoms with E-state index in [0.717, 1.165) is 5.28 Å². The van der Waals surface area contributed by atoms with Crippen molar-refractivity contribution in [3.63, 3.8) is 0 Å². The molecule has 2 rings (SSSR count). The molecule has 12 heavy (non-hydrogen) atoms. The van der Waals surface area contributed by atoms with Crippen LogP contribution in [0.2, 0.25) is 0 Å². The molecule has 0 saturated heterocycles. The topological polar surface area (TPSA) is 50.4 Å². The summed E-state index contributed by atoms with van der Waals surface area (Å²) < 4.78 is 5.03. The number of rotatable bonds is 1. The van der Waals surface area contributed by atoms with Crippen LogP contribution in [0.25, 0.3) is 10.9 Å². The van der Waals surface area contributed by atoms with Crippen molar-refractivity contribution in [3.8, 4) is 0 Å². The van der Waals surface area contributed by atoms with Crippen LogP contribution in [0.1, 0.15) is 10.4 Å². The Morgan fingerprint density at radius 1 is 1.50 bits per heavy atom. The van der Waals surface area contributed by atoms with Gasteiger partial charge in [-0.15, -0.1) is 0 Å². The third kappa shape index (κ3) is 0.924. The Labute approximate surface area is 68.8 Å². The number of carbonyl (C=O) groups is 1. The summed E-state index contributed by atoms with van der Waals surface area (Å²) in [6.45, 7) is 1.74. The molecule has 0 bridgehead atoms. The van der Waals surface area contributed by atoms with Gasteiger partial charge in [0.1, 0.15) is 0 Å². The third-order valence-corrected chi connectivity index (χ3v) is 1.71. The van der Waals surface area contributed by atoms with Crippen molar-refractivity contribution in [2.45, 2.75) is 0 Å². The monoisotopic (exact) mass is 160 g/mol. The number of carboxylic acid groups (broad SMARTS) is 1. The van der Waals surface area contributed by atoms with Gasteiger partial charge in [-0.1, -0.05) is 0 Å². The molecular weight excluding hydrogens is 155 g/mol. The summed E-state index contributed by atoms with van der Waals surface area (Å²) in [5.41, 5.74) is 0.641. The molecule has 0 fully saturated rings. The first kappa shape index (κ1) is 7.09. The van der Waals surface area contributed by atoms with E-state index in [9.17, 15) is 4.79 Å². The molecule has 1 heterocycles. The number of fused-ring (bicyclic) bond motifs is 1. The maximum atomic E-state index is 10.7. The van der Waals surface area contributed by atoms with Gasteiger partial charge in [0.05, 0.1) is 0 Å².